The predicted molar refractivity (Wildman–Crippen MR) is 69.1 cm³/mol. The molecule has 3 rings (SSSR count). The number of carbonyl (C=O) groups excluding carboxylic acids is 2. The molecule has 0 aromatic carbocycles. The third-order valence-electron chi connectivity index (χ3n) is 4.00. The predicted octanol–water partition coefficient (Wildman–Crippen LogP) is 1.84. The van der Waals surface area contributed by atoms with Crippen molar-refractivity contribution in [2.75, 3.05) is 0 Å². The van der Waals surface area contributed by atoms with Gasteiger partial charge in [0.1, 0.15) is 5.54 Å². The zero-order chi connectivity index (χ0) is 13.3. The van der Waals surface area contributed by atoms with E-state index < -0.39 is 5.54 Å². The summed E-state index contributed by atoms with van der Waals surface area (Å²) in [5.41, 5.74) is 0.100. The van der Waals surface area contributed by atoms with Gasteiger partial charge in [-0.15, -0.1) is 0 Å². The third kappa shape index (κ3) is 2.09. The average Bonchev–Trinajstić information content (AvgIpc) is 2.66. The van der Waals surface area contributed by atoms with Gasteiger partial charge in [0.25, 0.3) is 5.91 Å². The maximum absolute atomic E-state index is 12.5. The second-order valence-electron chi connectivity index (χ2n) is 5.29. The Labute approximate surface area is 112 Å². The van der Waals surface area contributed by atoms with E-state index in [9.17, 15) is 9.59 Å². The zero-order valence-electron chi connectivity index (χ0n) is 10.8. The Balaban J connectivity index is 1.79. The van der Waals surface area contributed by atoms with Crippen molar-refractivity contribution in [2.24, 2.45) is 0 Å². The maximum atomic E-state index is 12.5. The van der Waals surface area contributed by atoms with Gasteiger partial charge in [0, 0.05) is 6.20 Å². The Morgan fingerprint density at radius 2 is 2.00 bits per heavy atom. The summed E-state index contributed by atoms with van der Waals surface area (Å²) < 4.78 is 0. The highest BCUT2D eigenvalue weighted by Gasteiger charge is 2.51. The molecule has 1 aromatic heterocycles. The molecule has 1 N–H and O–H groups in total. The Kier molecular flexibility index (Phi) is 2.97. The van der Waals surface area contributed by atoms with Gasteiger partial charge in [-0.05, 0) is 25.0 Å². The SMILES string of the molecule is O=C1NC2(CCCCC2)C(=O)N1Cc1ccccn1. The number of urea groups is 1. The smallest absolute Gasteiger partial charge is 0.323 e. The van der Waals surface area contributed by atoms with Gasteiger partial charge in [0.15, 0.2) is 0 Å². The highest BCUT2D eigenvalue weighted by atomic mass is 16.2. The lowest BCUT2D eigenvalue weighted by atomic mass is 9.82. The van der Waals surface area contributed by atoms with E-state index in [0.29, 0.717) is 0 Å². The summed E-state index contributed by atoms with van der Waals surface area (Å²) in [5, 5.41) is 2.90. The summed E-state index contributed by atoms with van der Waals surface area (Å²) in [4.78, 5) is 30.0. The number of amides is 3. The molecule has 2 heterocycles. The van der Waals surface area contributed by atoms with E-state index >= 15 is 0 Å². The standard InChI is InChI=1S/C14H17N3O2/c18-12-14(7-3-1-4-8-14)16-13(19)17(12)10-11-6-2-5-9-15-11/h2,5-6,9H,1,3-4,7-8,10H2,(H,16,19). The van der Waals surface area contributed by atoms with Crippen molar-refractivity contribution >= 4 is 11.9 Å². The highest BCUT2D eigenvalue weighted by Crippen LogP contribution is 2.34. The van der Waals surface area contributed by atoms with Crippen LogP contribution in [0.5, 0.6) is 0 Å². The van der Waals surface area contributed by atoms with E-state index in [0.717, 1.165) is 37.8 Å². The minimum atomic E-state index is -0.635. The summed E-state index contributed by atoms with van der Waals surface area (Å²) in [7, 11) is 0. The van der Waals surface area contributed by atoms with Gasteiger partial charge in [0.2, 0.25) is 0 Å². The largest absolute Gasteiger partial charge is 0.325 e. The van der Waals surface area contributed by atoms with Crippen LogP contribution in [0.15, 0.2) is 24.4 Å². The molecule has 5 heteroatoms. The molecule has 0 bridgehead atoms. The van der Waals surface area contributed by atoms with Crippen LogP contribution < -0.4 is 5.32 Å². The van der Waals surface area contributed by atoms with Gasteiger partial charge in [-0.3, -0.25) is 14.7 Å². The van der Waals surface area contributed by atoms with Crippen LogP contribution >= 0.6 is 0 Å². The molecule has 1 saturated heterocycles. The Hall–Kier alpha value is -1.91. The first kappa shape index (κ1) is 12.1. The Morgan fingerprint density at radius 3 is 2.68 bits per heavy atom. The molecule has 100 valence electrons. The number of hydrogen-bond acceptors (Lipinski definition) is 3. The lowest BCUT2D eigenvalue weighted by Crippen LogP contribution is -2.48. The fourth-order valence-corrected chi connectivity index (χ4v) is 2.97. The second-order valence-corrected chi connectivity index (χ2v) is 5.29. The van der Waals surface area contributed by atoms with Crippen molar-refractivity contribution in [2.45, 2.75) is 44.2 Å². The minimum absolute atomic E-state index is 0.0807. The van der Waals surface area contributed by atoms with Crippen LogP contribution in [0.3, 0.4) is 0 Å². The van der Waals surface area contributed by atoms with Gasteiger partial charge >= 0.3 is 6.03 Å². The van der Waals surface area contributed by atoms with Crippen molar-refractivity contribution in [1.29, 1.82) is 0 Å². The van der Waals surface area contributed by atoms with Gasteiger partial charge in [-0.2, -0.15) is 0 Å². The molecule has 0 atom stereocenters. The van der Waals surface area contributed by atoms with E-state index in [2.05, 4.69) is 10.3 Å². The Bertz CT molecular complexity index is 495. The van der Waals surface area contributed by atoms with Gasteiger partial charge < -0.3 is 5.32 Å². The topological polar surface area (TPSA) is 62.3 Å². The van der Waals surface area contributed by atoms with Crippen LogP contribution in [0.4, 0.5) is 4.79 Å². The number of imide groups is 1. The molecule has 1 aliphatic carbocycles. The van der Waals surface area contributed by atoms with E-state index in [4.69, 9.17) is 0 Å². The van der Waals surface area contributed by atoms with Crippen LogP contribution in [-0.2, 0) is 11.3 Å². The fourth-order valence-electron chi connectivity index (χ4n) is 2.97. The van der Waals surface area contributed by atoms with Crippen molar-refractivity contribution in [3.05, 3.63) is 30.1 Å². The molecule has 1 spiro atoms. The van der Waals surface area contributed by atoms with E-state index in [1.165, 1.54) is 4.90 Å². The number of aromatic nitrogens is 1. The second kappa shape index (κ2) is 4.64. The molecule has 1 saturated carbocycles. The van der Waals surface area contributed by atoms with Crippen LogP contribution in [0.2, 0.25) is 0 Å². The highest BCUT2D eigenvalue weighted by molar-refractivity contribution is 6.07. The first-order valence-electron chi connectivity index (χ1n) is 6.75. The normalized spacial score (nSPS) is 21.8. The monoisotopic (exact) mass is 259 g/mol. The molecule has 19 heavy (non-hydrogen) atoms. The molecule has 1 aromatic rings. The van der Waals surface area contributed by atoms with Crippen LogP contribution in [0, 0.1) is 0 Å². The first-order valence-corrected chi connectivity index (χ1v) is 6.75. The molecule has 3 amide bonds. The Morgan fingerprint density at radius 1 is 1.21 bits per heavy atom. The van der Waals surface area contributed by atoms with Crippen molar-refractivity contribution in [1.82, 2.24) is 15.2 Å². The quantitative estimate of drug-likeness (QED) is 0.824. The van der Waals surface area contributed by atoms with Crippen LogP contribution in [0.1, 0.15) is 37.8 Å². The number of nitrogens with one attached hydrogen (secondary N) is 1. The lowest BCUT2D eigenvalue weighted by molar-refractivity contribution is -0.132. The molecule has 0 radical (unpaired) electrons. The summed E-state index contributed by atoms with van der Waals surface area (Å²) in [6.45, 7) is 0.257. The van der Waals surface area contributed by atoms with Crippen molar-refractivity contribution in [3.63, 3.8) is 0 Å². The number of nitrogens with zero attached hydrogens (tertiary/aromatic N) is 2. The molecular formula is C14H17N3O2. The molecular weight excluding hydrogens is 242 g/mol. The van der Waals surface area contributed by atoms with Crippen molar-refractivity contribution in [3.8, 4) is 0 Å². The number of rotatable bonds is 2. The maximum Gasteiger partial charge on any atom is 0.325 e. The minimum Gasteiger partial charge on any atom is -0.323 e. The number of pyridine rings is 1. The molecule has 1 aliphatic heterocycles. The van der Waals surface area contributed by atoms with E-state index in [1.807, 2.05) is 18.2 Å². The summed E-state index contributed by atoms with van der Waals surface area (Å²) in [6, 6.07) is 5.22. The average molecular weight is 259 g/mol. The first-order chi connectivity index (χ1) is 9.21. The van der Waals surface area contributed by atoms with Crippen molar-refractivity contribution < 1.29 is 9.59 Å². The summed E-state index contributed by atoms with van der Waals surface area (Å²) in [5.74, 6) is -0.0807. The van der Waals surface area contributed by atoms with Gasteiger partial charge in [-0.25, -0.2) is 4.79 Å². The van der Waals surface area contributed by atoms with E-state index in [1.54, 1.807) is 6.20 Å². The number of carbonyl (C=O) groups is 2. The molecule has 2 aliphatic rings. The lowest BCUT2D eigenvalue weighted by Gasteiger charge is -2.30. The summed E-state index contributed by atoms with van der Waals surface area (Å²) >= 11 is 0. The summed E-state index contributed by atoms with van der Waals surface area (Å²) in [6.07, 6.45) is 6.34. The van der Waals surface area contributed by atoms with Crippen LogP contribution in [-0.4, -0.2) is 27.4 Å². The van der Waals surface area contributed by atoms with Crippen LogP contribution in [0.25, 0.3) is 0 Å². The number of hydrogen-bond donors (Lipinski definition) is 1. The molecule has 2 fully saturated rings. The molecule has 5 nitrogen and oxygen atoms in total. The van der Waals surface area contributed by atoms with Gasteiger partial charge in [0.05, 0.1) is 12.2 Å². The van der Waals surface area contributed by atoms with Gasteiger partial charge in [-0.1, -0.05) is 25.3 Å². The zero-order valence-corrected chi connectivity index (χ0v) is 10.8. The third-order valence-corrected chi connectivity index (χ3v) is 4.00. The van der Waals surface area contributed by atoms with E-state index in [-0.39, 0.29) is 18.5 Å². The fraction of sp³-hybridized carbons (Fsp3) is 0.500. The molecule has 0 unspecified atom stereocenters.